The number of aromatic nitrogens is 5. The number of aromatic amines is 1. The maximum Gasteiger partial charge on any atom is 0.181 e. The van der Waals surface area contributed by atoms with Gasteiger partial charge in [0.25, 0.3) is 0 Å². The molecule has 0 fully saturated rings. The molecule has 2 aromatic carbocycles. The van der Waals surface area contributed by atoms with Crippen LogP contribution < -0.4 is 0 Å². The first kappa shape index (κ1) is 22.7. The molecular formula is C25H30BrN5O. The zero-order chi connectivity index (χ0) is 22.9. The number of ether oxygens (including phenoxy) is 1. The number of H-pyrrole nitrogens is 1. The summed E-state index contributed by atoms with van der Waals surface area (Å²) in [6, 6.07) is 14.6. The van der Waals surface area contributed by atoms with E-state index in [9.17, 15) is 0 Å². The van der Waals surface area contributed by atoms with Gasteiger partial charge in [0.05, 0.1) is 23.0 Å². The quantitative estimate of drug-likeness (QED) is 0.329. The van der Waals surface area contributed by atoms with Crippen molar-refractivity contribution in [1.82, 2.24) is 24.7 Å². The molecule has 0 bridgehead atoms. The molecule has 0 aliphatic heterocycles. The number of benzene rings is 2. The van der Waals surface area contributed by atoms with E-state index >= 15 is 0 Å². The predicted molar refractivity (Wildman–Crippen MR) is 132 cm³/mol. The van der Waals surface area contributed by atoms with Crippen molar-refractivity contribution in [1.29, 1.82) is 0 Å². The summed E-state index contributed by atoms with van der Waals surface area (Å²) in [6.07, 6.45) is 3.33. The number of hydrogen-bond donors (Lipinski definition) is 1. The number of nitrogens with zero attached hydrogens (tertiary/aromatic N) is 4. The van der Waals surface area contributed by atoms with Crippen molar-refractivity contribution >= 4 is 27.0 Å². The lowest BCUT2D eigenvalue weighted by Crippen LogP contribution is -2.27. The van der Waals surface area contributed by atoms with E-state index in [-0.39, 0.29) is 11.0 Å². The smallest absolute Gasteiger partial charge is 0.181 e. The van der Waals surface area contributed by atoms with E-state index in [1.54, 1.807) is 13.4 Å². The molecule has 0 atom stereocenters. The molecular weight excluding hydrogens is 466 g/mol. The molecule has 7 heteroatoms. The van der Waals surface area contributed by atoms with E-state index in [1.165, 1.54) is 5.56 Å². The van der Waals surface area contributed by atoms with Crippen molar-refractivity contribution in [2.24, 2.45) is 0 Å². The third-order valence-corrected chi connectivity index (χ3v) is 6.60. The molecule has 0 aliphatic rings. The average molecular weight is 496 g/mol. The summed E-state index contributed by atoms with van der Waals surface area (Å²) in [5.74, 6) is 1.71. The summed E-state index contributed by atoms with van der Waals surface area (Å²) in [4.78, 5) is 12.5. The standard InChI is InChI=1S/C25H30BrN5O/c1-24(2,18-7-6-8-19(26)14-18)15-22-29-23(30-31(22)12-11-25(3,4)32-5)17-9-10-20-21(13-17)28-16-27-20/h6-10,13-14,16H,11-12,15H2,1-5H3,(H,27,28). The van der Waals surface area contributed by atoms with Crippen LogP contribution in [0, 0.1) is 0 Å². The third kappa shape index (κ3) is 4.94. The Bertz CT molecular complexity index is 1220. The summed E-state index contributed by atoms with van der Waals surface area (Å²) in [7, 11) is 1.75. The summed E-state index contributed by atoms with van der Waals surface area (Å²) < 4.78 is 8.77. The lowest BCUT2D eigenvalue weighted by Gasteiger charge is -2.26. The van der Waals surface area contributed by atoms with Gasteiger partial charge in [0.15, 0.2) is 5.82 Å². The molecule has 32 heavy (non-hydrogen) atoms. The van der Waals surface area contributed by atoms with Crippen LogP contribution in [0.1, 0.15) is 45.5 Å². The van der Waals surface area contributed by atoms with Crippen LogP contribution in [0.4, 0.5) is 0 Å². The fourth-order valence-electron chi connectivity index (χ4n) is 3.77. The van der Waals surface area contributed by atoms with Crippen LogP contribution in [0.3, 0.4) is 0 Å². The van der Waals surface area contributed by atoms with Crippen LogP contribution in [-0.4, -0.2) is 37.4 Å². The van der Waals surface area contributed by atoms with Crippen LogP contribution in [-0.2, 0) is 23.1 Å². The highest BCUT2D eigenvalue weighted by molar-refractivity contribution is 9.10. The molecule has 0 unspecified atom stereocenters. The third-order valence-electron chi connectivity index (χ3n) is 6.11. The monoisotopic (exact) mass is 495 g/mol. The summed E-state index contributed by atoms with van der Waals surface area (Å²) in [5, 5.41) is 4.91. The molecule has 6 nitrogen and oxygen atoms in total. The Morgan fingerprint density at radius 2 is 1.91 bits per heavy atom. The summed E-state index contributed by atoms with van der Waals surface area (Å²) in [5.41, 5.74) is 3.84. The van der Waals surface area contributed by atoms with Crippen molar-refractivity contribution < 1.29 is 4.74 Å². The highest BCUT2D eigenvalue weighted by atomic mass is 79.9. The number of nitrogens with one attached hydrogen (secondary N) is 1. The van der Waals surface area contributed by atoms with E-state index in [0.717, 1.165) is 52.1 Å². The minimum absolute atomic E-state index is 0.101. The molecule has 0 saturated heterocycles. The first-order valence-corrected chi connectivity index (χ1v) is 11.6. The number of imidazole rings is 1. The summed E-state index contributed by atoms with van der Waals surface area (Å²) in [6.45, 7) is 9.45. The minimum atomic E-state index is -0.224. The molecule has 2 aromatic heterocycles. The molecule has 0 amide bonds. The molecule has 0 saturated carbocycles. The fraction of sp³-hybridized carbons (Fsp3) is 0.400. The molecule has 0 spiro atoms. The number of halogens is 1. The minimum Gasteiger partial charge on any atom is -0.379 e. The van der Waals surface area contributed by atoms with Gasteiger partial charge in [-0.3, -0.25) is 0 Å². The zero-order valence-electron chi connectivity index (χ0n) is 19.3. The van der Waals surface area contributed by atoms with E-state index in [0.29, 0.717) is 0 Å². The van der Waals surface area contributed by atoms with Crippen LogP contribution in [0.25, 0.3) is 22.4 Å². The Balaban J connectivity index is 1.70. The Labute approximate surface area is 197 Å². The van der Waals surface area contributed by atoms with Crippen molar-refractivity contribution in [3.05, 3.63) is 64.7 Å². The molecule has 168 valence electrons. The van der Waals surface area contributed by atoms with Gasteiger partial charge < -0.3 is 9.72 Å². The molecule has 0 aliphatic carbocycles. The van der Waals surface area contributed by atoms with Gasteiger partial charge in [-0.25, -0.2) is 14.6 Å². The van der Waals surface area contributed by atoms with E-state index in [4.69, 9.17) is 14.8 Å². The number of aryl methyl sites for hydroxylation is 1. The second-order valence-corrected chi connectivity index (χ2v) is 10.4. The Morgan fingerprint density at radius 1 is 1.09 bits per heavy atom. The maximum atomic E-state index is 5.64. The highest BCUT2D eigenvalue weighted by Crippen LogP contribution is 2.30. The average Bonchev–Trinajstić information content (AvgIpc) is 3.38. The maximum absolute atomic E-state index is 5.64. The number of methoxy groups -OCH3 is 1. The van der Waals surface area contributed by atoms with Crippen LogP contribution >= 0.6 is 15.9 Å². The Kier molecular flexibility index (Phi) is 6.23. The van der Waals surface area contributed by atoms with Crippen molar-refractivity contribution in [3.8, 4) is 11.4 Å². The second kappa shape index (κ2) is 8.79. The van der Waals surface area contributed by atoms with Gasteiger partial charge in [0.1, 0.15) is 5.82 Å². The van der Waals surface area contributed by atoms with Gasteiger partial charge in [-0.15, -0.1) is 0 Å². The molecule has 4 rings (SSSR count). The first-order valence-electron chi connectivity index (χ1n) is 10.9. The largest absolute Gasteiger partial charge is 0.379 e. The molecule has 0 radical (unpaired) electrons. The van der Waals surface area contributed by atoms with Crippen molar-refractivity contribution in [2.75, 3.05) is 7.11 Å². The highest BCUT2D eigenvalue weighted by Gasteiger charge is 2.26. The predicted octanol–water partition coefficient (Wildman–Crippen LogP) is 5.92. The van der Waals surface area contributed by atoms with Crippen molar-refractivity contribution in [2.45, 2.75) is 58.1 Å². The number of fused-ring (bicyclic) bond motifs is 1. The van der Waals surface area contributed by atoms with Gasteiger partial charge in [-0.2, -0.15) is 5.10 Å². The Hall–Kier alpha value is -2.51. The lowest BCUT2D eigenvalue weighted by atomic mass is 9.81. The van der Waals surface area contributed by atoms with Crippen LogP contribution in [0.2, 0.25) is 0 Å². The molecule has 4 aromatic rings. The van der Waals surface area contributed by atoms with Crippen LogP contribution in [0.15, 0.2) is 53.3 Å². The first-order chi connectivity index (χ1) is 15.2. The van der Waals surface area contributed by atoms with Crippen molar-refractivity contribution in [3.63, 3.8) is 0 Å². The molecule has 1 N–H and O–H groups in total. The SMILES string of the molecule is COC(C)(C)CCn1nc(-c2ccc3nc[nH]c3c2)nc1CC(C)(C)c1cccc(Br)c1. The van der Waals surface area contributed by atoms with Gasteiger partial charge in [-0.1, -0.05) is 41.9 Å². The fourth-order valence-corrected chi connectivity index (χ4v) is 4.16. The number of hydrogen-bond acceptors (Lipinski definition) is 4. The Morgan fingerprint density at radius 3 is 2.66 bits per heavy atom. The van der Waals surface area contributed by atoms with E-state index < -0.39 is 0 Å². The zero-order valence-corrected chi connectivity index (χ0v) is 20.9. The lowest BCUT2D eigenvalue weighted by molar-refractivity contribution is 0.0111. The van der Waals surface area contributed by atoms with Gasteiger partial charge in [0.2, 0.25) is 0 Å². The summed E-state index contributed by atoms with van der Waals surface area (Å²) >= 11 is 3.61. The topological polar surface area (TPSA) is 68.6 Å². The number of rotatable bonds is 8. The normalized spacial score (nSPS) is 12.6. The van der Waals surface area contributed by atoms with E-state index in [1.807, 2.05) is 16.8 Å². The second-order valence-electron chi connectivity index (χ2n) is 9.49. The van der Waals surface area contributed by atoms with E-state index in [2.05, 4.69) is 83.9 Å². The van der Waals surface area contributed by atoms with Crippen LogP contribution in [0.5, 0.6) is 0 Å². The molecule has 2 heterocycles. The van der Waals surface area contributed by atoms with Gasteiger partial charge in [0, 0.05) is 30.1 Å². The van der Waals surface area contributed by atoms with Gasteiger partial charge >= 0.3 is 0 Å². The van der Waals surface area contributed by atoms with Gasteiger partial charge in [-0.05, 0) is 61.6 Å².